The lowest BCUT2D eigenvalue weighted by molar-refractivity contribution is 0.0929. The second kappa shape index (κ2) is 13.4. The molecule has 3 aromatic rings. The summed E-state index contributed by atoms with van der Waals surface area (Å²) in [6.45, 7) is 5.05. The molecule has 1 aromatic heterocycles. The molecule has 1 heterocycles. The van der Waals surface area contributed by atoms with Crippen molar-refractivity contribution in [2.75, 3.05) is 6.61 Å². The summed E-state index contributed by atoms with van der Waals surface area (Å²) in [5, 5.41) is 21.4. The summed E-state index contributed by atoms with van der Waals surface area (Å²) in [5.74, 6) is -6.30. The normalized spacial score (nSPS) is 11.9. The van der Waals surface area contributed by atoms with Crippen molar-refractivity contribution in [1.82, 2.24) is 14.9 Å². The van der Waals surface area contributed by atoms with Gasteiger partial charge in [0.1, 0.15) is 17.6 Å². The number of hydrogen-bond acceptors (Lipinski definition) is 5. The first-order valence-corrected chi connectivity index (χ1v) is 13.0. The Kier molecular flexibility index (Phi) is 10.3. The monoisotopic (exact) mass is 560 g/mol. The summed E-state index contributed by atoms with van der Waals surface area (Å²) in [6, 6.07) is 5.00. The number of unbranched alkanes of at least 4 members (excludes halogenated alkanes) is 1. The van der Waals surface area contributed by atoms with E-state index in [1.54, 1.807) is 25.5 Å². The molecule has 214 valence electrons. The molecule has 0 radical (unpaired) electrons. The maximum Gasteiger partial charge on any atom is 0.251 e. The van der Waals surface area contributed by atoms with Crippen LogP contribution < -0.4 is 10.1 Å². The maximum atomic E-state index is 15.2. The van der Waals surface area contributed by atoms with Gasteiger partial charge in [-0.3, -0.25) is 4.79 Å². The summed E-state index contributed by atoms with van der Waals surface area (Å²) in [7, 11) is 1.63. The van der Waals surface area contributed by atoms with Crippen molar-refractivity contribution in [2.24, 2.45) is 7.05 Å². The predicted octanol–water partition coefficient (Wildman–Crippen LogP) is 5.37. The van der Waals surface area contributed by atoms with Crippen molar-refractivity contribution >= 4 is 5.91 Å². The Balaban J connectivity index is 1.90. The lowest BCUT2D eigenvalue weighted by atomic mass is 9.98. The topological polar surface area (TPSA) is 100 Å². The average Bonchev–Trinajstić information content (AvgIpc) is 3.28. The van der Waals surface area contributed by atoms with Crippen LogP contribution in [0.3, 0.4) is 0 Å². The fourth-order valence-electron chi connectivity index (χ4n) is 4.29. The van der Waals surface area contributed by atoms with Crippen LogP contribution >= 0.6 is 0 Å². The Morgan fingerprint density at radius 3 is 2.42 bits per heavy atom. The van der Waals surface area contributed by atoms with E-state index in [2.05, 4.69) is 10.3 Å². The van der Waals surface area contributed by atoms with Crippen LogP contribution in [0.5, 0.6) is 5.75 Å². The molecule has 0 fully saturated rings. The van der Waals surface area contributed by atoms with E-state index in [1.165, 1.54) is 24.4 Å². The molecule has 0 spiro atoms. The van der Waals surface area contributed by atoms with Gasteiger partial charge < -0.3 is 19.7 Å². The number of hydrogen-bond donors (Lipinski definition) is 2. The molecule has 0 aliphatic heterocycles. The number of carbonyl (C=O) groups is 1. The summed E-state index contributed by atoms with van der Waals surface area (Å²) < 4.78 is 67.7. The molecule has 11 heteroatoms. The summed E-state index contributed by atoms with van der Waals surface area (Å²) >= 11 is 0. The van der Waals surface area contributed by atoms with Gasteiger partial charge in [0.25, 0.3) is 5.91 Å². The van der Waals surface area contributed by atoms with Gasteiger partial charge >= 0.3 is 0 Å². The van der Waals surface area contributed by atoms with E-state index in [0.717, 1.165) is 12.8 Å². The third kappa shape index (κ3) is 6.80. The number of aromatic nitrogens is 2. The molecule has 0 bridgehead atoms. The number of nitriles is 1. The van der Waals surface area contributed by atoms with Gasteiger partial charge in [-0.2, -0.15) is 5.26 Å². The minimum atomic E-state index is -1.60. The molecule has 2 aromatic carbocycles. The van der Waals surface area contributed by atoms with E-state index in [4.69, 9.17) is 4.74 Å². The van der Waals surface area contributed by atoms with Crippen LogP contribution in [0.15, 0.2) is 24.4 Å². The van der Waals surface area contributed by atoms with Crippen LogP contribution in [0.2, 0.25) is 0 Å². The fourth-order valence-corrected chi connectivity index (χ4v) is 4.29. The number of ether oxygens (including phenoxy) is 1. The number of halogens is 4. The Hall–Kier alpha value is -3.91. The third-order valence-electron chi connectivity index (χ3n) is 6.33. The highest BCUT2D eigenvalue weighted by Gasteiger charge is 2.30. The van der Waals surface area contributed by atoms with Gasteiger partial charge in [0.2, 0.25) is 0 Å². The van der Waals surface area contributed by atoms with Gasteiger partial charge in [0.05, 0.1) is 22.9 Å². The molecular weight excluding hydrogens is 528 g/mol. The van der Waals surface area contributed by atoms with Crippen molar-refractivity contribution in [2.45, 2.75) is 65.0 Å². The molecule has 0 saturated heterocycles. The van der Waals surface area contributed by atoms with Crippen LogP contribution in [0, 0.1) is 34.6 Å². The van der Waals surface area contributed by atoms with Gasteiger partial charge in [0.15, 0.2) is 23.3 Å². The number of nitrogens with zero attached hydrogens (tertiary/aromatic N) is 3. The maximum absolute atomic E-state index is 15.2. The van der Waals surface area contributed by atoms with Crippen molar-refractivity contribution < 1.29 is 32.2 Å². The van der Waals surface area contributed by atoms with E-state index < -0.39 is 59.4 Å². The predicted molar refractivity (Wildman–Crippen MR) is 141 cm³/mol. The largest absolute Gasteiger partial charge is 0.490 e. The van der Waals surface area contributed by atoms with Crippen molar-refractivity contribution in [3.63, 3.8) is 0 Å². The number of nitrogens with one attached hydrogen (secondary N) is 1. The number of aliphatic hydroxyl groups is 1. The van der Waals surface area contributed by atoms with Crippen LogP contribution in [0.4, 0.5) is 17.6 Å². The van der Waals surface area contributed by atoms with E-state index in [1.807, 2.05) is 13.0 Å². The molecule has 2 N–H and O–H groups in total. The van der Waals surface area contributed by atoms with E-state index in [-0.39, 0.29) is 35.1 Å². The minimum Gasteiger partial charge on any atom is -0.490 e. The van der Waals surface area contributed by atoms with Gasteiger partial charge in [-0.25, -0.2) is 22.5 Å². The zero-order chi connectivity index (χ0) is 29.6. The summed E-state index contributed by atoms with van der Waals surface area (Å²) in [4.78, 5) is 17.1. The van der Waals surface area contributed by atoms with Crippen LogP contribution in [0.25, 0.3) is 11.3 Å². The Morgan fingerprint density at radius 2 is 1.85 bits per heavy atom. The number of rotatable bonds is 12. The zero-order valence-electron chi connectivity index (χ0n) is 22.8. The fraction of sp³-hybridized carbons (Fsp3) is 0.414. The van der Waals surface area contributed by atoms with Gasteiger partial charge in [0, 0.05) is 43.4 Å². The second-order valence-corrected chi connectivity index (χ2v) is 9.74. The highest BCUT2D eigenvalue weighted by atomic mass is 19.2. The zero-order valence-corrected chi connectivity index (χ0v) is 22.8. The van der Waals surface area contributed by atoms with E-state index in [0.29, 0.717) is 12.2 Å². The molecule has 0 aliphatic carbocycles. The summed E-state index contributed by atoms with van der Waals surface area (Å²) in [5.41, 5.74) is -1.89. The number of aliphatic hydroxyl groups excluding tert-OH is 1. The SMILES string of the molecule is CCCCc1nc(-c2c(F)c(F)c(CC(CCO)NC(=O)c3ccc(OC(C)C)c(C#N)c3)c(F)c2F)cn1C. The van der Waals surface area contributed by atoms with Gasteiger partial charge in [-0.05, 0) is 51.3 Å². The second-order valence-electron chi connectivity index (χ2n) is 9.74. The number of aryl methyl sites for hydroxylation is 2. The molecule has 3 rings (SSSR count). The smallest absolute Gasteiger partial charge is 0.251 e. The molecular formula is C29H32F4N4O3. The molecule has 7 nitrogen and oxygen atoms in total. The first-order valence-electron chi connectivity index (χ1n) is 13.0. The van der Waals surface area contributed by atoms with Crippen LogP contribution in [-0.2, 0) is 19.9 Å². The standard InChI is InChI=1S/C29H32F4N4O3/c1-5-6-7-23-36-21(15-37(23)4)24-27(32)25(30)20(26(31)28(24)33)13-19(10-11-38)35-29(39)17-8-9-22(40-16(2)3)18(12-17)14-34/h8-9,12,15-16,19,38H,5-7,10-11,13H2,1-4H3,(H,35,39). The highest BCUT2D eigenvalue weighted by Crippen LogP contribution is 2.33. The first-order chi connectivity index (χ1) is 19.0. The number of carbonyl (C=O) groups excluding carboxylic acids is 1. The molecule has 40 heavy (non-hydrogen) atoms. The Morgan fingerprint density at radius 1 is 1.18 bits per heavy atom. The molecule has 0 saturated carbocycles. The van der Waals surface area contributed by atoms with Crippen molar-refractivity contribution in [1.29, 1.82) is 5.26 Å². The summed E-state index contributed by atoms with van der Waals surface area (Å²) in [6.07, 6.45) is 2.49. The first kappa shape index (κ1) is 30.6. The third-order valence-corrected chi connectivity index (χ3v) is 6.33. The molecule has 0 aliphatic rings. The van der Waals surface area contributed by atoms with E-state index >= 15 is 17.6 Å². The Labute approximate surface area is 230 Å². The van der Waals surface area contributed by atoms with Gasteiger partial charge in [-0.1, -0.05) is 13.3 Å². The Bertz CT molecular complexity index is 1390. The van der Waals surface area contributed by atoms with Crippen molar-refractivity contribution in [3.8, 4) is 23.1 Å². The van der Waals surface area contributed by atoms with Crippen LogP contribution in [0.1, 0.15) is 67.3 Å². The number of benzene rings is 2. The average molecular weight is 561 g/mol. The minimum absolute atomic E-state index is 0.0540. The number of imidazole rings is 1. The molecule has 1 unspecified atom stereocenters. The molecule has 1 amide bonds. The van der Waals surface area contributed by atoms with Crippen molar-refractivity contribution in [3.05, 3.63) is 70.2 Å². The quantitative estimate of drug-likeness (QED) is 0.229. The number of amides is 1. The molecule has 1 atom stereocenters. The van der Waals surface area contributed by atoms with Crippen LogP contribution in [-0.4, -0.2) is 39.3 Å². The lowest BCUT2D eigenvalue weighted by Crippen LogP contribution is -2.37. The van der Waals surface area contributed by atoms with E-state index in [9.17, 15) is 15.2 Å². The van der Waals surface area contributed by atoms with Gasteiger partial charge in [-0.15, -0.1) is 0 Å². The highest BCUT2D eigenvalue weighted by molar-refractivity contribution is 5.95. The lowest BCUT2D eigenvalue weighted by Gasteiger charge is -2.20.